The van der Waals surface area contributed by atoms with Gasteiger partial charge in [0.15, 0.2) is 0 Å². The molecular weight excluding hydrogens is 348 g/mol. The summed E-state index contributed by atoms with van der Waals surface area (Å²) in [5.74, 6) is 1.71. The number of amides is 1. The number of hydrogen-bond acceptors (Lipinski definition) is 4. The first-order valence-corrected chi connectivity index (χ1v) is 10.4. The Balaban J connectivity index is 1.41. The average molecular weight is 379 g/mol. The lowest BCUT2D eigenvalue weighted by Crippen LogP contribution is -2.49. The Morgan fingerprint density at radius 2 is 1.79 bits per heavy atom. The van der Waals surface area contributed by atoms with Gasteiger partial charge in [0.2, 0.25) is 5.91 Å². The molecule has 0 radical (unpaired) electrons. The Kier molecular flexibility index (Phi) is 5.44. The summed E-state index contributed by atoms with van der Waals surface area (Å²) in [6.07, 6.45) is 6.60. The number of carbonyl (C=O) groups is 1. The van der Waals surface area contributed by atoms with Gasteiger partial charge in [-0.1, -0.05) is 38.1 Å². The lowest BCUT2D eigenvalue weighted by Gasteiger charge is -2.39. The van der Waals surface area contributed by atoms with E-state index in [0.29, 0.717) is 11.8 Å². The van der Waals surface area contributed by atoms with Crippen LogP contribution < -0.4 is 0 Å². The van der Waals surface area contributed by atoms with Crippen LogP contribution in [0.15, 0.2) is 42.7 Å². The molecule has 5 nitrogen and oxygen atoms in total. The van der Waals surface area contributed by atoms with Crippen LogP contribution in [0.25, 0.3) is 0 Å². The molecule has 5 heteroatoms. The van der Waals surface area contributed by atoms with Gasteiger partial charge in [0.05, 0.1) is 12.0 Å². The van der Waals surface area contributed by atoms with Crippen LogP contribution >= 0.6 is 0 Å². The van der Waals surface area contributed by atoms with Gasteiger partial charge in [-0.25, -0.2) is 9.97 Å². The lowest BCUT2D eigenvalue weighted by atomic mass is 9.78. The maximum atomic E-state index is 13.4. The van der Waals surface area contributed by atoms with Crippen molar-refractivity contribution in [2.24, 2.45) is 5.41 Å². The minimum Gasteiger partial charge on any atom is -0.338 e. The number of hydrogen-bond donors (Lipinski definition) is 0. The van der Waals surface area contributed by atoms with Crippen molar-refractivity contribution in [3.8, 4) is 0 Å². The normalized spacial score (nSPS) is 23.1. The van der Waals surface area contributed by atoms with Crippen molar-refractivity contribution in [1.29, 1.82) is 0 Å². The molecule has 2 saturated heterocycles. The molecule has 2 aliphatic rings. The standard InChI is InChI=1S/C23H30N4O/c1-18(2)20-7-5-19(6-8-20)15-27-13-3-9-23(22(27)28)10-14-26(17-23)16-21-24-11-4-12-25-21/h4-8,11-12,18H,3,9-10,13-17H2,1-2H3/t23-/m1/s1. The highest BCUT2D eigenvalue weighted by Gasteiger charge is 2.48. The van der Waals surface area contributed by atoms with Crippen LogP contribution in [-0.2, 0) is 17.9 Å². The number of aromatic nitrogens is 2. The molecule has 1 aromatic carbocycles. The monoisotopic (exact) mass is 378 g/mol. The predicted molar refractivity (Wildman–Crippen MR) is 110 cm³/mol. The van der Waals surface area contributed by atoms with Gasteiger partial charge in [-0.15, -0.1) is 0 Å². The second-order valence-electron chi connectivity index (χ2n) is 8.63. The molecule has 0 N–H and O–H groups in total. The van der Waals surface area contributed by atoms with E-state index in [4.69, 9.17) is 0 Å². The molecule has 0 saturated carbocycles. The summed E-state index contributed by atoms with van der Waals surface area (Å²) in [5.41, 5.74) is 2.35. The second-order valence-corrected chi connectivity index (χ2v) is 8.63. The zero-order chi connectivity index (χ0) is 19.6. The van der Waals surface area contributed by atoms with Gasteiger partial charge >= 0.3 is 0 Å². The molecule has 0 unspecified atom stereocenters. The van der Waals surface area contributed by atoms with Gasteiger partial charge in [0, 0.05) is 32.0 Å². The van der Waals surface area contributed by atoms with Crippen LogP contribution in [0, 0.1) is 5.41 Å². The molecule has 2 aromatic rings. The number of benzene rings is 1. The van der Waals surface area contributed by atoms with E-state index in [2.05, 4.69) is 57.9 Å². The number of carbonyl (C=O) groups excluding carboxylic acids is 1. The van der Waals surface area contributed by atoms with E-state index in [9.17, 15) is 4.79 Å². The number of rotatable bonds is 5. The minimum atomic E-state index is -0.217. The molecule has 0 aliphatic carbocycles. The van der Waals surface area contributed by atoms with Crippen molar-refractivity contribution in [3.05, 3.63) is 59.7 Å². The van der Waals surface area contributed by atoms with Crippen LogP contribution in [0.4, 0.5) is 0 Å². The van der Waals surface area contributed by atoms with E-state index in [1.807, 2.05) is 6.07 Å². The topological polar surface area (TPSA) is 49.3 Å². The highest BCUT2D eigenvalue weighted by Crippen LogP contribution is 2.40. The van der Waals surface area contributed by atoms with E-state index >= 15 is 0 Å². The van der Waals surface area contributed by atoms with Gasteiger partial charge in [0.25, 0.3) is 0 Å². The molecule has 1 spiro atoms. The summed E-state index contributed by atoms with van der Waals surface area (Å²) in [5, 5.41) is 0. The predicted octanol–water partition coefficient (Wildman–Crippen LogP) is 3.61. The molecule has 2 fully saturated rings. The van der Waals surface area contributed by atoms with Gasteiger partial charge in [0.1, 0.15) is 5.82 Å². The fourth-order valence-corrected chi connectivity index (χ4v) is 4.61. The fraction of sp³-hybridized carbons (Fsp3) is 0.522. The lowest BCUT2D eigenvalue weighted by molar-refractivity contribution is -0.146. The zero-order valence-electron chi connectivity index (χ0n) is 17.0. The highest BCUT2D eigenvalue weighted by atomic mass is 16.2. The Morgan fingerprint density at radius 3 is 2.50 bits per heavy atom. The van der Waals surface area contributed by atoms with Gasteiger partial charge < -0.3 is 4.90 Å². The molecule has 0 bridgehead atoms. The smallest absolute Gasteiger partial charge is 0.230 e. The zero-order valence-corrected chi connectivity index (χ0v) is 17.0. The summed E-state index contributed by atoms with van der Waals surface area (Å²) in [6, 6.07) is 10.6. The first-order valence-electron chi connectivity index (χ1n) is 10.4. The van der Waals surface area contributed by atoms with E-state index in [1.54, 1.807) is 12.4 Å². The first kappa shape index (κ1) is 19.1. The Bertz CT molecular complexity index is 805. The number of likely N-dealkylation sites (tertiary alicyclic amines) is 2. The van der Waals surface area contributed by atoms with Crippen molar-refractivity contribution in [2.45, 2.75) is 52.1 Å². The molecule has 3 heterocycles. The van der Waals surface area contributed by atoms with Crippen molar-refractivity contribution >= 4 is 5.91 Å². The Morgan fingerprint density at radius 1 is 1.04 bits per heavy atom. The van der Waals surface area contributed by atoms with Crippen LogP contribution in [0.1, 0.15) is 56.0 Å². The number of nitrogens with zero attached hydrogens (tertiary/aromatic N) is 4. The summed E-state index contributed by atoms with van der Waals surface area (Å²) < 4.78 is 0. The van der Waals surface area contributed by atoms with Crippen LogP contribution in [0.2, 0.25) is 0 Å². The van der Waals surface area contributed by atoms with Gasteiger partial charge in [-0.3, -0.25) is 9.69 Å². The van der Waals surface area contributed by atoms with Crippen molar-refractivity contribution < 1.29 is 4.79 Å². The van der Waals surface area contributed by atoms with Crippen LogP contribution in [-0.4, -0.2) is 45.3 Å². The third-order valence-electron chi connectivity index (χ3n) is 6.26. The summed E-state index contributed by atoms with van der Waals surface area (Å²) in [4.78, 5) is 26.5. The maximum absolute atomic E-state index is 13.4. The summed E-state index contributed by atoms with van der Waals surface area (Å²) in [6.45, 7) is 8.51. The molecule has 28 heavy (non-hydrogen) atoms. The summed E-state index contributed by atoms with van der Waals surface area (Å²) >= 11 is 0. The van der Waals surface area contributed by atoms with Gasteiger partial charge in [-0.05, 0) is 48.9 Å². The molecule has 2 aliphatic heterocycles. The quantitative estimate of drug-likeness (QED) is 0.797. The first-order chi connectivity index (χ1) is 13.6. The molecule has 1 aromatic heterocycles. The van der Waals surface area contributed by atoms with Crippen LogP contribution in [0.3, 0.4) is 0 Å². The third kappa shape index (κ3) is 3.95. The molecule has 1 atom stereocenters. The molecule has 1 amide bonds. The molecular formula is C23H30N4O. The minimum absolute atomic E-state index is 0.217. The average Bonchev–Trinajstić information content (AvgIpc) is 3.10. The highest BCUT2D eigenvalue weighted by molar-refractivity contribution is 5.84. The largest absolute Gasteiger partial charge is 0.338 e. The summed E-state index contributed by atoms with van der Waals surface area (Å²) in [7, 11) is 0. The van der Waals surface area contributed by atoms with E-state index in [0.717, 1.165) is 57.8 Å². The fourth-order valence-electron chi connectivity index (χ4n) is 4.61. The maximum Gasteiger partial charge on any atom is 0.230 e. The van der Waals surface area contributed by atoms with Crippen molar-refractivity contribution in [2.75, 3.05) is 19.6 Å². The van der Waals surface area contributed by atoms with Crippen molar-refractivity contribution in [1.82, 2.24) is 19.8 Å². The van der Waals surface area contributed by atoms with Crippen molar-refractivity contribution in [3.63, 3.8) is 0 Å². The third-order valence-corrected chi connectivity index (χ3v) is 6.26. The van der Waals surface area contributed by atoms with E-state index in [1.165, 1.54) is 11.1 Å². The number of piperidine rings is 1. The molecule has 148 valence electrons. The second kappa shape index (κ2) is 8.00. The van der Waals surface area contributed by atoms with E-state index in [-0.39, 0.29) is 5.41 Å². The van der Waals surface area contributed by atoms with Gasteiger partial charge in [-0.2, -0.15) is 0 Å². The van der Waals surface area contributed by atoms with E-state index < -0.39 is 0 Å². The Labute approximate surface area is 167 Å². The SMILES string of the molecule is CC(C)c1ccc(CN2CCC[C@]3(CCN(Cc4ncccn4)C3)C2=O)cc1. The van der Waals surface area contributed by atoms with Crippen LogP contribution in [0.5, 0.6) is 0 Å². The Hall–Kier alpha value is -2.27. The molecule has 4 rings (SSSR count).